The SMILES string of the molecule is CC(C)(C)OC(=O)N1C2CCCC1CC(C(=O)c1ccc(F)cc1C#N)C2. The van der Waals surface area contributed by atoms with Gasteiger partial charge >= 0.3 is 6.09 Å². The first-order valence-electron chi connectivity index (χ1n) is 9.45. The van der Waals surface area contributed by atoms with Gasteiger partial charge in [0.05, 0.1) is 11.6 Å². The predicted molar refractivity (Wildman–Crippen MR) is 97.7 cm³/mol. The Bertz CT molecular complexity index is 780. The van der Waals surface area contributed by atoms with Crippen LogP contribution in [0.15, 0.2) is 18.2 Å². The van der Waals surface area contributed by atoms with E-state index in [1.54, 1.807) is 0 Å². The number of ketones is 1. The summed E-state index contributed by atoms with van der Waals surface area (Å²) in [7, 11) is 0. The van der Waals surface area contributed by atoms with Gasteiger partial charge in [-0.1, -0.05) is 0 Å². The van der Waals surface area contributed by atoms with E-state index in [2.05, 4.69) is 0 Å². The number of halogens is 1. The van der Waals surface area contributed by atoms with E-state index in [0.717, 1.165) is 25.3 Å². The minimum Gasteiger partial charge on any atom is -0.444 e. The van der Waals surface area contributed by atoms with E-state index in [1.807, 2.05) is 31.7 Å². The number of fused-ring (bicyclic) bond motifs is 2. The van der Waals surface area contributed by atoms with Crippen LogP contribution < -0.4 is 0 Å². The zero-order valence-electron chi connectivity index (χ0n) is 16.0. The number of hydrogen-bond donors (Lipinski definition) is 0. The summed E-state index contributed by atoms with van der Waals surface area (Å²) in [6, 6.07) is 5.55. The van der Waals surface area contributed by atoms with Gasteiger partial charge < -0.3 is 9.64 Å². The van der Waals surface area contributed by atoms with Crippen molar-refractivity contribution in [3.05, 3.63) is 35.1 Å². The third kappa shape index (κ3) is 4.13. The van der Waals surface area contributed by atoms with Crippen molar-refractivity contribution >= 4 is 11.9 Å². The number of nitriles is 1. The molecule has 2 fully saturated rings. The fourth-order valence-corrected chi connectivity index (χ4v) is 4.25. The molecule has 0 aliphatic carbocycles. The van der Waals surface area contributed by atoms with E-state index >= 15 is 0 Å². The van der Waals surface area contributed by atoms with Crippen molar-refractivity contribution in [1.29, 1.82) is 5.26 Å². The minimum atomic E-state index is -0.562. The van der Waals surface area contributed by atoms with Crippen molar-refractivity contribution in [3.63, 3.8) is 0 Å². The summed E-state index contributed by atoms with van der Waals surface area (Å²) in [6.45, 7) is 5.53. The lowest BCUT2D eigenvalue weighted by atomic mass is 9.75. The second kappa shape index (κ2) is 7.30. The first-order chi connectivity index (χ1) is 12.7. The number of nitrogens with zero attached hydrogens (tertiary/aromatic N) is 2. The number of carbonyl (C=O) groups is 2. The van der Waals surface area contributed by atoms with Gasteiger partial charge in [0, 0.05) is 23.6 Å². The average Bonchev–Trinajstić information content (AvgIpc) is 2.58. The third-order valence-corrected chi connectivity index (χ3v) is 5.32. The molecular formula is C21H25FN2O3. The maximum atomic E-state index is 13.4. The van der Waals surface area contributed by atoms with Crippen molar-refractivity contribution in [2.45, 2.75) is 70.6 Å². The normalized spacial score (nSPS) is 24.9. The van der Waals surface area contributed by atoms with Crippen molar-refractivity contribution in [2.24, 2.45) is 5.92 Å². The lowest BCUT2D eigenvalue weighted by molar-refractivity contribution is -0.0260. The topological polar surface area (TPSA) is 70.4 Å². The largest absolute Gasteiger partial charge is 0.444 e. The van der Waals surface area contributed by atoms with Gasteiger partial charge in [0.25, 0.3) is 0 Å². The number of carbonyl (C=O) groups excluding carboxylic acids is 2. The highest BCUT2D eigenvalue weighted by atomic mass is 19.1. The first-order valence-corrected chi connectivity index (χ1v) is 9.45. The Kier molecular flexibility index (Phi) is 5.23. The zero-order chi connectivity index (χ0) is 19.8. The highest BCUT2D eigenvalue weighted by Crippen LogP contribution is 2.39. The molecule has 0 aromatic heterocycles. The zero-order valence-corrected chi connectivity index (χ0v) is 16.0. The lowest BCUT2D eigenvalue weighted by Crippen LogP contribution is -2.56. The van der Waals surface area contributed by atoms with Gasteiger partial charge in [0.15, 0.2) is 5.78 Å². The summed E-state index contributed by atoms with van der Waals surface area (Å²) in [6.07, 6.45) is 3.49. The minimum absolute atomic E-state index is 0.0349. The van der Waals surface area contributed by atoms with Crippen molar-refractivity contribution < 1.29 is 18.7 Å². The molecule has 1 amide bonds. The summed E-state index contributed by atoms with van der Waals surface area (Å²) >= 11 is 0. The van der Waals surface area contributed by atoms with Crippen molar-refractivity contribution in [1.82, 2.24) is 4.90 Å². The summed E-state index contributed by atoms with van der Waals surface area (Å²) in [4.78, 5) is 27.5. The van der Waals surface area contributed by atoms with Crippen LogP contribution in [0.5, 0.6) is 0 Å². The third-order valence-electron chi connectivity index (χ3n) is 5.32. The van der Waals surface area contributed by atoms with Crippen LogP contribution in [-0.4, -0.2) is 34.5 Å². The van der Waals surface area contributed by atoms with Crippen LogP contribution >= 0.6 is 0 Å². The maximum Gasteiger partial charge on any atom is 0.410 e. The molecule has 5 nitrogen and oxygen atoms in total. The highest BCUT2D eigenvalue weighted by molar-refractivity contribution is 6.00. The Morgan fingerprint density at radius 2 is 1.85 bits per heavy atom. The second-order valence-corrected chi connectivity index (χ2v) is 8.46. The Balaban J connectivity index is 1.80. The molecule has 2 aliphatic rings. The fourth-order valence-electron chi connectivity index (χ4n) is 4.25. The van der Waals surface area contributed by atoms with Crippen LogP contribution in [0, 0.1) is 23.1 Å². The quantitative estimate of drug-likeness (QED) is 0.719. The van der Waals surface area contributed by atoms with E-state index < -0.39 is 11.4 Å². The number of rotatable bonds is 2. The molecule has 0 spiro atoms. The molecule has 2 bridgehead atoms. The second-order valence-electron chi connectivity index (χ2n) is 8.46. The molecule has 2 aliphatic heterocycles. The predicted octanol–water partition coefficient (Wildman–Crippen LogP) is 4.45. The number of hydrogen-bond acceptors (Lipinski definition) is 4. The molecule has 2 saturated heterocycles. The van der Waals surface area contributed by atoms with Gasteiger partial charge in [-0.3, -0.25) is 4.79 Å². The molecule has 2 unspecified atom stereocenters. The van der Waals surface area contributed by atoms with E-state index in [1.165, 1.54) is 12.1 Å². The summed E-state index contributed by atoms with van der Waals surface area (Å²) in [5, 5.41) is 9.24. The Hall–Kier alpha value is -2.42. The van der Waals surface area contributed by atoms with E-state index in [-0.39, 0.29) is 41.0 Å². The standard InChI is InChI=1S/C21H25FN2O3/c1-21(2,3)27-20(26)24-16-5-4-6-17(24)11-13(10-16)19(25)18-8-7-15(22)9-14(18)12-23/h7-9,13,16-17H,4-6,10-11H2,1-3H3. The van der Waals surface area contributed by atoms with Gasteiger partial charge in [0.2, 0.25) is 0 Å². The molecular weight excluding hydrogens is 347 g/mol. The van der Waals surface area contributed by atoms with Crippen LogP contribution in [0.1, 0.15) is 68.8 Å². The molecule has 3 rings (SSSR count). The monoisotopic (exact) mass is 372 g/mol. The Morgan fingerprint density at radius 1 is 1.22 bits per heavy atom. The van der Waals surface area contributed by atoms with Gasteiger partial charge in [-0.15, -0.1) is 0 Å². The molecule has 0 saturated carbocycles. The van der Waals surface area contributed by atoms with Crippen molar-refractivity contribution in [3.8, 4) is 6.07 Å². The summed E-state index contributed by atoms with van der Waals surface area (Å²) in [5.74, 6) is -0.927. The molecule has 144 valence electrons. The molecule has 0 N–H and O–H groups in total. The van der Waals surface area contributed by atoms with Crippen LogP contribution in [-0.2, 0) is 4.74 Å². The van der Waals surface area contributed by atoms with E-state index in [0.29, 0.717) is 12.8 Å². The number of benzene rings is 1. The Labute approximate surface area is 159 Å². The molecule has 27 heavy (non-hydrogen) atoms. The first kappa shape index (κ1) is 19.3. The highest BCUT2D eigenvalue weighted by Gasteiger charge is 2.44. The van der Waals surface area contributed by atoms with E-state index in [4.69, 9.17) is 4.74 Å². The van der Waals surface area contributed by atoms with Crippen LogP contribution in [0.3, 0.4) is 0 Å². The number of amides is 1. The van der Waals surface area contributed by atoms with Crippen molar-refractivity contribution in [2.75, 3.05) is 0 Å². The maximum absolute atomic E-state index is 13.4. The van der Waals surface area contributed by atoms with Crippen LogP contribution in [0.25, 0.3) is 0 Å². The number of ether oxygens (including phenoxy) is 1. The molecule has 1 aromatic rings. The molecule has 2 atom stereocenters. The lowest BCUT2D eigenvalue weighted by Gasteiger charge is -2.48. The molecule has 2 heterocycles. The number of Topliss-reactive ketones (excluding diaryl/α,β-unsaturated/α-hetero) is 1. The summed E-state index contributed by atoms with van der Waals surface area (Å²) < 4.78 is 18.9. The molecule has 6 heteroatoms. The van der Waals surface area contributed by atoms with Gasteiger partial charge in [-0.2, -0.15) is 5.26 Å². The Morgan fingerprint density at radius 3 is 2.41 bits per heavy atom. The molecule has 0 radical (unpaired) electrons. The van der Waals surface area contributed by atoms with Crippen LogP contribution in [0.2, 0.25) is 0 Å². The van der Waals surface area contributed by atoms with E-state index in [9.17, 15) is 19.2 Å². The summed E-state index contributed by atoms with van der Waals surface area (Å²) in [5.41, 5.74) is -0.221. The fraction of sp³-hybridized carbons (Fsp3) is 0.571. The van der Waals surface area contributed by atoms with Crippen LogP contribution in [0.4, 0.5) is 9.18 Å². The molecule has 1 aromatic carbocycles. The average molecular weight is 372 g/mol. The number of piperidine rings is 2. The van der Waals surface area contributed by atoms with Gasteiger partial charge in [-0.25, -0.2) is 9.18 Å². The van der Waals surface area contributed by atoms with Gasteiger partial charge in [-0.05, 0) is 71.1 Å². The smallest absolute Gasteiger partial charge is 0.410 e. The van der Waals surface area contributed by atoms with Gasteiger partial charge in [0.1, 0.15) is 11.4 Å².